The van der Waals surface area contributed by atoms with Crippen LogP contribution in [0.3, 0.4) is 0 Å². The Labute approximate surface area is 103 Å². The predicted molar refractivity (Wildman–Crippen MR) is 68.5 cm³/mol. The van der Waals surface area contributed by atoms with Gasteiger partial charge in [-0.15, -0.1) is 0 Å². The molecule has 17 heavy (non-hydrogen) atoms. The molecule has 0 bridgehead atoms. The maximum absolute atomic E-state index is 12.1. The largest absolute Gasteiger partial charge is 0.341 e. The molecular weight excluding hydrogens is 212 g/mol. The molecule has 1 unspecified atom stereocenters. The van der Waals surface area contributed by atoms with Crippen LogP contribution in [-0.2, 0) is 11.2 Å². The van der Waals surface area contributed by atoms with Gasteiger partial charge in [0.2, 0.25) is 5.91 Å². The Morgan fingerprint density at radius 2 is 2.06 bits per heavy atom. The Kier molecular flexibility index (Phi) is 3.79. The van der Waals surface area contributed by atoms with E-state index in [0.29, 0.717) is 18.9 Å². The van der Waals surface area contributed by atoms with Crippen molar-refractivity contribution in [3.8, 4) is 0 Å². The first-order chi connectivity index (χ1) is 8.22. The fourth-order valence-corrected chi connectivity index (χ4v) is 2.23. The highest BCUT2D eigenvalue weighted by Gasteiger charge is 2.34. The van der Waals surface area contributed by atoms with Gasteiger partial charge < -0.3 is 10.6 Å². The second kappa shape index (κ2) is 5.32. The molecule has 1 fully saturated rings. The second-order valence-corrected chi connectivity index (χ2v) is 4.81. The Hall–Kier alpha value is -1.35. The molecule has 1 aliphatic carbocycles. The van der Waals surface area contributed by atoms with E-state index < -0.39 is 0 Å². The van der Waals surface area contributed by atoms with Crippen molar-refractivity contribution in [2.75, 3.05) is 13.6 Å². The average molecular weight is 232 g/mol. The predicted octanol–water partition coefficient (Wildman–Crippen LogP) is 1.42. The molecule has 0 aliphatic heterocycles. The molecule has 2 N–H and O–H groups in total. The lowest BCUT2D eigenvalue weighted by Crippen LogP contribution is -2.43. The summed E-state index contributed by atoms with van der Waals surface area (Å²) in [6.07, 6.45) is 2.90. The van der Waals surface area contributed by atoms with Gasteiger partial charge in [0, 0.05) is 19.6 Å². The van der Waals surface area contributed by atoms with Crippen molar-refractivity contribution in [3.05, 3.63) is 35.9 Å². The van der Waals surface area contributed by atoms with Crippen molar-refractivity contribution in [3.63, 3.8) is 0 Å². The molecule has 3 heteroatoms. The summed E-state index contributed by atoms with van der Waals surface area (Å²) in [6.45, 7) is 0.571. The van der Waals surface area contributed by atoms with E-state index in [1.807, 2.05) is 42.3 Å². The van der Waals surface area contributed by atoms with Gasteiger partial charge in [0.1, 0.15) is 0 Å². The first-order valence-corrected chi connectivity index (χ1v) is 6.22. The van der Waals surface area contributed by atoms with Gasteiger partial charge in [0.25, 0.3) is 0 Å². The number of likely N-dealkylation sites (N-methyl/N-ethyl adjacent to an activating group) is 1. The van der Waals surface area contributed by atoms with Crippen molar-refractivity contribution < 1.29 is 4.79 Å². The third-order valence-corrected chi connectivity index (χ3v) is 3.50. The van der Waals surface area contributed by atoms with E-state index in [-0.39, 0.29) is 11.9 Å². The summed E-state index contributed by atoms with van der Waals surface area (Å²) in [5.74, 6) is 0.795. The fraction of sp³-hybridized carbons (Fsp3) is 0.500. The summed E-state index contributed by atoms with van der Waals surface area (Å²) < 4.78 is 0. The quantitative estimate of drug-likeness (QED) is 0.834. The molecule has 1 saturated carbocycles. The normalized spacial score (nSPS) is 16.6. The number of benzene rings is 1. The Balaban J connectivity index is 1.95. The Morgan fingerprint density at radius 3 is 2.59 bits per heavy atom. The number of nitrogens with zero attached hydrogens (tertiary/aromatic N) is 1. The molecule has 0 heterocycles. The summed E-state index contributed by atoms with van der Waals surface area (Å²) in [5.41, 5.74) is 6.82. The van der Waals surface area contributed by atoms with Crippen LogP contribution in [0.2, 0.25) is 0 Å². The standard InChI is InChI=1S/C14H20N2O/c1-16(13(10-15)12-7-8-12)14(17)9-11-5-3-2-4-6-11/h2-6,12-13H,7-10,15H2,1H3. The van der Waals surface area contributed by atoms with E-state index in [4.69, 9.17) is 5.73 Å². The molecule has 0 saturated heterocycles. The maximum Gasteiger partial charge on any atom is 0.227 e. The highest BCUT2D eigenvalue weighted by atomic mass is 16.2. The second-order valence-electron chi connectivity index (χ2n) is 4.81. The molecule has 1 aliphatic rings. The Bertz CT molecular complexity index is 373. The molecule has 2 rings (SSSR count). The van der Waals surface area contributed by atoms with Crippen molar-refractivity contribution in [1.82, 2.24) is 4.90 Å². The van der Waals surface area contributed by atoms with Crippen LogP contribution in [-0.4, -0.2) is 30.4 Å². The molecule has 1 amide bonds. The van der Waals surface area contributed by atoms with Crippen LogP contribution >= 0.6 is 0 Å². The van der Waals surface area contributed by atoms with E-state index in [2.05, 4.69) is 0 Å². The van der Waals surface area contributed by atoms with Gasteiger partial charge in [0.05, 0.1) is 6.42 Å². The van der Waals surface area contributed by atoms with Crippen LogP contribution in [0.15, 0.2) is 30.3 Å². The van der Waals surface area contributed by atoms with Crippen LogP contribution < -0.4 is 5.73 Å². The highest BCUT2D eigenvalue weighted by Crippen LogP contribution is 2.34. The van der Waals surface area contributed by atoms with Crippen molar-refractivity contribution >= 4 is 5.91 Å². The number of rotatable bonds is 5. The van der Waals surface area contributed by atoms with Gasteiger partial charge in [-0.25, -0.2) is 0 Å². The third-order valence-electron chi connectivity index (χ3n) is 3.50. The van der Waals surface area contributed by atoms with Crippen LogP contribution in [0.1, 0.15) is 18.4 Å². The Morgan fingerprint density at radius 1 is 1.41 bits per heavy atom. The number of hydrogen-bond donors (Lipinski definition) is 1. The fourth-order valence-electron chi connectivity index (χ4n) is 2.23. The number of amides is 1. The minimum Gasteiger partial charge on any atom is -0.341 e. The lowest BCUT2D eigenvalue weighted by molar-refractivity contribution is -0.131. The number of carbonyl (C=O) groups is 1. The van der Waals surface area contributed by atoms with Crippen molar-refractivity contribution in [2.24, 2.45) is 11.7 Å². The summed E-state index contributed by atoms with van der Waals surface area (Å²) in [7, 11) is 1.88. The SMILES string of the molecule is CN(C(=O)Cc1ccccc1)C(CN)C1CC1. The monoisotopic (exact) mass is 232 g/mol. The number of carbonyl (C=O) groups excluding carboxylic acids is 1. The average Bonchev–Trinajstić information content (AvgIpc) is 3.15. The first-order valence-electron chi connectivity index (χ1n) is 6.22. The molecule has 1 aromatic carbocycles. The van der Waals surface area contributed by atoms with Crippen LogP contribution in [0, 0.1) is 5.92 Å². The zero-order valence-electron chi connectivity index (χ0n) is 10.3. The van der Waals surface area contributed by atoms with E-state index in [1.54, 1.807) is 0 Å². The summed E-state index contributed by atoms with van der Waals surface area (Å²) in [6, 6.07) is 10.1. The molecule has 92 valence electrons. The zero-order chi connectivity index (χ0) is 12.3. The van der Waals surface area contributed by atoms with Crippen LogP contribution in [0.4, 0.5) is 0 Å². The van der Waals surface area contributed by atoms with Gasteiger partial charge in [-0.3, -0.25) is 4.79 Å². The molecular formula is C14H20N2O. The lowest BCUT2D eigenvalue weighted by atomic mass is 10.1. The van der Waals surface area contributed by atoms with Gasteiger partial charge in [-0.2, -0.15) is 0 Å². The molecule has 1 aromatic rings. The first kappa shape index (κ1) is 12.1. The van der Waals surface area contributed by atoms with Crippen LogP contribution in [0.5, 0.6) is 0 Å². The maximum atomic E-state index is 12.1. The van der Waals surface area contributed by atoms with Crippen molar-refractivity contribution in [2.45, 2.75) is 25.3 Å². The van der Waals surface area contributed by atoms with Crippen molar-refractivity contribution in [1.29, 1.82) is 0 Å². The minimum absolute atomic E-state index is 0.165. The summed E-state index contributed by atoms with van der Waals surface area (Å²) in [5, 5.41) is 0. The van der Waals surface area contributed by atoms with E-state index in [1.165, 1.54) is 12.8 Å². The van der Waals surface area contributed by atoms with E-state index in [9.17, 15) is 4.79 Å². The van der Waals surface area contributed by atoms with Gasteiger partial charge >= 0.3 is 0 Å². The van der Waals surface area contributed by atoms with Crippen LogP contribution in [0.25, 0.3) is 0 Å². The lowest BCUT2D eigenvalue weighted by Gasteiger charge is -2.27. The highest BCUT2D eigenvalue weighted by molar-refractivity contribution is 5.78. The van der Waals surface area contributed by atoms with Gasteiger partial charge in [-0.1, -0.05) is 30.3 Å². The van der Waals surface area contributed by atoms with Gasteiger partial charge in [0.15, 0.2) is 0 Å². The van der Waals surface area contributed by atoms with E-state index >= 15 is 0 Å². The molecule has 0 radical (unpaired) electrons. The summed E-state index contributed by atoms with van der Waals surface area (Å²) in [4.78, 5) is 14.0. The third kappa shape index (κ3) is 3.07. The van der Waals surface area contributed by atoms with E-state index in [0.717, 1.165) is 5.56 Å². The topological polar surface area (TPSA) is 46.3 Å². The molecule has 3 nitrogen and oxygen atoms in total. The molecule has 1 atom stereocenters. The minimum atomic E-state index is 0.165. The van der Waals surface area contributed by atoms with Gasteiger partial charge in [-0.05, 0) is 24.3 Å². The number of nitrogens with two attached hydrogens (primary N) is 1. The zero-order valence-corrected chi connectivity index (χ0v) is 10.3. The number of hydrogen-bond acceptors (Lipinski definition) is 2. The molecule has 0 aromatic heterocycles. The summed E-state index contributed by atoms with van der Waals surface area (Å²) >= 11 is 0. The molecule has 0 spiro atoms. The smallest absolute Gasteiger partial charge is 0.227 e.